The third kappa shape index (κ3) is 2.02. The number of nitrogens with two attached hydrogens (primary N) is 1. The van der Waals surface area contributed by atoms with Crippen molar-refractivity contribution in [3.63, 3.8) is 0 Å². The number of methoxy groups -OCH3 is 1. The van der Waals surface area contributed by atoms with E-state index in [9.17, 15) is 9.59 Å². The number of carbonyl (C=O) groups excluding carboxylic acids is 2. The Balaban J connectivity index is 1.99. The Labute approximate surface area is 104 Å². The van der Waals surface area contributed by atoms with Crippen LogP contribution in [0.4, 0.5) is 0 Å². The van der Waals surface area contributed by atoms with E-state index >= 15 is 0 Å². The lowest BCUT2D eigenvalue weighted by atomic mass is 9.90. The molecule has 2 rings (SSSR count). The van der Waals surface area contributed by atoms with Crippen LogP contribution in [0.25, 0.3) is 0 Å². The minimum atomic E-state index is -0.671. The summed E-state index contributed by atoms with van der Waals surface area (Å²) in [4.78, 5) is 25.0. The molecule has 0 bridgehead atoms. The zero-order valence-electron chi connectivity index (χ0n) is 9.84. The SMILES string of the molecule is COCOC(=O)C1(C)CS[C@@H]2C(N)C(=O)N2C1. The van der Waals surface area contributed by atoms with E-state index in [0.29, 0.717) is 12.3 Å². The maximum Gasteiger partial charge on any atom is 0.316 e. The standard InChI is InChI=1S/C10H16N2O4S/c1-10(9(14)16-5-15-2)3-12-7(13)6(11)8(12)17-4-10/h6,8H,3-5,11H2,1-2H3/t6?,8-,10?/m1/s1. The van der Waals surface area contributed by atoms with Gasteiger partial charge < -0.3 is 20.1 Å². The number of thioether (sulfide) groups is 1. The van der Waals surface area contributed by atoms with Crippen LogP contribution in [0, 0.1) is 5.41 Å². The topological polar surface area (TPSA) is 81.9 Å². The number of β-lactam (4-membered cyclic amide) rings is 1. The molecule has 7 heteroatoms. The van der Waals surface area contributed by atoms with Crippen molar-refractivity contribution in [1.82, 2.24) is 4.90 Å². The number of carbonyl (C=O) groups is 2. The molecule has 2 fully saturated rings. The Morgan fingerprint density at radius 1 is 1.71 bits per heavy atom. The van der Waals surface area contributed by atoms with Crippen molar-refractivity contribution in [3.05, 3.63) is 0 Å². The quantitative estimate of drug-likeness (QED) is 0.414. The zero-order valence-corrected chi connectivity index (χ0v) is 10.7. The molecule has 2 aliphatic rings. The van der Waals surface area contributed by atoms with Gasteiger partial charge in [0.2, 0.25) is 5.91 Å². The molecule has 96 valence electrons. The molecule has 2 saturated heterocycles. The summed E-state index contributed by atoms with van der Waals surface area (Å²) in [6, 6.07) is -0.417. The smallest absolute Gasteiger partial charge is 0.316 e. The normalized spacial score (nSPS) is 36.2. The number of hydrogen-bond donors (Lipinski definition) is 1. The predicted molar refractivity (Wildman–Crippen MR) is 62.0 cm³/mol. The van der Waals surface area contributed by atoms with E-state index in [-0.39, 0.29) is 24.0 Å². The van der Waals surface area contributed by atoms with E-state index in [2.05, 4.69) is 0 Å². The van der Waals surface area contributed by atoms with Crippen LogP contribution in [-0.2, 0) is 19.1 Å². The molecule has 0 aromatic heterocycles. The lowest BCUT2D eigenvalue weighted by Crippen LogP contribution is -2.71. The average molecular weight is 260 g/mol. The Morgan fingerprint density at radius 2 is 2.41 bits per heavy atom. The van der Waals surface area contributed by atoms with Gasteiger partial charge in [-0.2, -0.15) is 0 Å². The largest absolute Gasteiger partial charge is 0.438 e. The van der Waals surface area contributed by atoms with Gasteiger partial charge in [0, 0.05) is 19.4 Å². The molecule has 2 heterocycles. The summed E-state index contributed by atoms with van der Waals surface area (Å²) in [5.41, 5.74) is 5.00. The lowest BCUT2D eigenvalue weighted by Gasteiger charge is -2.52. The van der Waals surface area contributed by atoms with Crippen LogP contribution >= 0.6 is 11.8 Å². The van der Waals surface area contributed by atoms with Crippen molar-refractivity contribution < 1.29 is 19.1 Å². The molecule has 0 radical (unpaired) electrons. The number of nitrogens with zero attached hydrogens (tertiary/aromatic N) is 1. The van der Waals surface area contributed by atoms with E-state index in [1.165, 1.54) is 18.9 Å². The average Bonchev–Trinajstić information content (AvgIpc) is 2.34. The maximum absolute atomic E-state index is 11.9. The van der Waals surface area contributed by atoms with Crippen LogP contribution in [0.2, 0.25) is 0 Å². The van der Waals surface area contributed by atoms with Crippen molar-refractivity contribution >= 4 is 23.6 Å². The van der Waals surface area contributed by atoms with Crippen LogP contribution in [-0.4, -0.2) is 54.4 Å². The molecule has 0 aromatic carbocycles. The molecule has 0 aliphatic carbocycles. The van der Waals surface area contributed by atoms with E-state index < -0.39 is 11.5 Å². The van der Waals surface area contributed by atoms with Gasteiger partial charge in [-0.05, 0) is 6.92 Å². The van der Waals surface area contributed by atoms with E-state index in [1.807, 2.05) is 0 Å². The molecule has 2 aliphatic heterocycles. The highest BCUT2D eigenvalue weighted by Crippen LogP contribution is 2.41. The van der Waals surface area contributed by atoms with Crippen molar-refractivity contribution in [1.29, 1.82) is 0 Å². The minimum absolute atomic E-state index is 0.0193. The first kappa shape index (κ1) is 12.7. The van der Waals surface area contributed by atoms with Gasteiger partial charge >= 0.3 is 5.97 Å². The molecule has 2 N–H and O–H groups in total. The lowest BCUT2D eigenvalue weighted by molar-refractivity contribution is -0.168. The van der Waals surface area contributed by atoms with Crippen molar-refractivity contribution in [3.8, 4) is 0 Å². The number of rotatable bonds is 3. The summed E-state index contributed by atoms with van der Waals surface area (Å²) in [7, 11) is 1.46. The molecular weight excluding hydrogens is 244 g/mol. The number of hydrogen-bond acceptors (Lipinski definition) is 6. The van der Waals surface area contributed by atoms with Gasteiger partial charge in [-0.1, -0.05) is 0 Å². The predicted octanol–water partition coefficient (Wildman–Crippen LogP) is -0.618. The van der Waals surface area contributed by atoms with E-state index in [0.717, 1.165) is 0 Å². The van der Waals surface area contributed by atoms with Gasteiger partial charge in [0.15, 0.2) is 6.79 Å². The van der Waals surface area contributed by atoms with E-state index in [1.54, 1.807) is 11.8 Å². The van der Waals surface area contributed by atoms with Gasteiger partial charge in [0.1, 0.15) is 11.4 Å². The number of amides is 1. The van der Waals surface area contributed by atoms with E-state index in [4.69, 9.17) is 15.2 Å². The summed E-state index contributed by atoms with van der Waals surface area (Å²) in [5.74, 6) is 0.184. The van der Waals surface area contributed by atoms with Crippen LogP contribution < -0.4 is 5.73 Å². The first-order chi connectivity index (χ1) is 7.99. The van der Waals surface area contributed by atoms with Crippen LogP contribution in [0.3, 0.4) is 0 Å². The minimum Gasteiger partial charge on any atom is -0.438 e. The van der Waals surface area contributed by atoms with Crippen molar-refractivity contribution in [2.24, 2.45) is 11.1 Å². The molecule has 6 nitrogen and oxygen atoms in total. The van der Waals surface area contributed by atoms with Crippen molar-refractivity contribution in [2.75, 3.05) is 26.2 Å². The van der Waals surface area contributed by atoms with Crippen molar-refractivity contribution in [2.45, 2.75) is 18.3 Å². The molecular formula is C10H16N2O4S. The summed E-state index contributed by atoms with van der Waals surface area (Å²) in [6.07, 6.45) is 0. The number of ether oxygens (including phenoxy) is 2. The van der Waals surface area contributed by atoms with Crippen LogP contribution in [0.1, 0.15) is 6.92 Å². The fourth-order valence-corrected chi connectivity index (χ4v) is 3.44. The molecule has 17 heavy (non-hydrogen) atoms. The maximum atomic E-state index is 11.9. The molecule has 0 saturated carbocycles. The highest BCUT2D eigenvalue weighted by Gasteiger charge is 2.54. The molecule has 1 amide bonds. The van der Waals surface area contributed by atoms with Crippen LogP contribution in [0.5, 0.6) is 0 Å². The van der Waals surface area contributed by atoms with Gasteiger partial charge in [0.05, 0.1) is 5.41 Å². The highest BCUT2D eigenvalue weighted by atomic mass is 32.2. The summed E-state index contributed by atoms with van der Waals surface area (Å²) in [5, 5.41) is 0.0193. The summed E-state index contributed by atoms with van der Waals surface area (Å²) in [6.45, 7) is 2.11. The second kappa shape index (κ2) is 4.47. The Kier molecular flexibility index (Phi) is 3.33. The molecule has 0 spiro atoms. The monoisotopic (exact) mass is 260 g/mol. The fourth-order valence-electron chi connectivity index (χ4n) is 2.01. The second-order valence-electron chi connectivity index (χ2n) is 4.59. The fraction of sp³-hybridized carbons (Fsp3) is 0.800. The first-order valence-corrected chi connectivity index (χ1v) is 6.38. The Hall–Kier alpha value is -0.790. The van der Waals surface area contributed by atoms with Gasteiger partial charge in [-0.15, -0.1) is 11.8 Å². The summed E-state index contributed by atoms with van der Waals surface area (Å²) < 4.78 is 9.66. The molecule has 0 aromatic rings. The van der Waals surface area contributed by atoms with Gasteiger partial charge in [-0.25, -0.2) is 0 Å². The van der Waals surface area contributed by atoms with Gasteiger partial charge in [-0.3, -0.25) is 9.59 Å². The first-order valence-electron chi connectivity index (χ1n) is 5.33. The summed E-state index contributed by atoms with van der Waals surface area (Å²) >= 11 is 1.53. The number of fused-ring (bicyclic) bond motifs is 1. The Morgan fingerprint density at radius 3 is 3.06 bits per heavy atom. The van der Waals surface area contributed by atoms with Gasteiger partial charge in [0.25, 0.3) is 0 Å². The van der Waals surface area contributed by atoms with Crippen LogP contribution in [0.15, 0.2) is 0 Å². The third-order valence-corrected chi connectivity index (χ3v) is 4.77. The molecule has 3 atom stereocenters. The second-order valence-corrected chi connectivity index (χ2v) is 5.70. The Bertz CT molecular complexity index is 351. The zero-order chi connectivity index (χ0) is 12.6. The highest BCUT2D eigenvalue weighted by molar-refractivity contribution is 8.00. The molecule has 2 unspecified atom stereocenters. The number of esters is 1. The third-order valence-electron chi connectivity index (χ3n) is 3.08.